The Bertz CT molecular complexity index is 787. The van der Waals surface area contributed by atoms with Crippen molar-refractivity contribution in [3.05, 3.63) is 56.7 Å². The third kappa shape index (κ3) is 7.28. The van der Waals surface area contributed by atoms with Gasteiger partial charge in [-0.05, 0) is 30.7 Å². The molecule has 1 aromatic carbocycles. The predicted octanol–water partition coefficient (Wildman–Crippen LogP) is 4.11. The van der Waals surface area contributed by atoms with Crippen LogP contribution in [0.5, 0.6) is 5.75 Å². The van der Waals surface area contributed by atoms with Crippen LogP contribution in [-0.2, 0) is 9.53 Å². The summed E-state index contributed by atoms with van der Waals surface area (Å²) in [6.07, 6.45) is 1.84. The average Bonchev–Trinajstić information content (AvgIpc) is 2.64. The van der Waals surface area contributed by atoms with E-state index >= 15 is 0 Å². The molecule has 0 saturated heterocycles. The Morgan fingerprint density at radius 2 is 2.04 bits per heavy atom. The molecule has 0 aliphatic rings. The summed E-state index contributed by atoms with van der Waals surface area (Å²) in [5, 5.41) is 14.4. The molecule has 1 heterocycles. The van der Waals surface area contributed by atoms with Crippen LogP contribution in [0.1, 0.15) is 12.8 Å². The number of pyridine rings is 1. The molecule has 0 atom stereocenters. The number of nitrogens with one attached hydrogen (secondary N) is 1. The standard InChI is InChI=1S/C17H17Cl2N3O5/c18-12-3-5-15(14(19)10-12)26-8-1-2-17(23)27-9-7-20-16-6-4-13(11-21-16)22(24)25/h3-6,10-11H,1-2,7-9H2,(H,20,21). The van der Waals surface area contributed by atoms with Crippen LogP contribution in [0.25, 0.3) is 0 Å². The number of benzene rings is 1. The van der Waals surface area contributed by atoms with Gasteiger partial charge < -0.3 is 14.8 Å². The van der Waals surface area contributed by atoms with Gasteiger partial charge in [0.1, 0.15) is 24.4 Å². The highest BCUT2D eigenvalue weighted by Crippen LogP contribution is 2.27. The molecule has 2 aromatic rings. The number of halogens is 2. The minimum absolute atomic E-state index is 0.0888. The Morgan fingerprint density at radius 3 is 2.70 bits per heavy atom. The molecule has 0 unspecified atom stereocenters. The van der Waals surface area contributed by atoms with Crippen molar-refractivity contribution in [2.24, 2.45) is 0 Å². The summed E-state index contributed by atoms with van der Waals surface area (Å²) in [5.74, 6) is 0.624. The van der Waals surface area contributed by atoms with Crippen LogP contribution >= 0.6 is 23.2 Å². The van der Waals surface area contributed by atoms with E-state index in [0.29, 0.717) is 41.2 Å². The molecule has 0 saturated carbocycles. The Labute approximate surface area is 165 Å². The van der Waals surface area contributed by atoms with E-state index in [9.17, 15) is 14.9 Å². The van der Waals surface area contributed by atoms with Crippen molar-refractivity contribution in [1.29, 1.82) is 0 Å². The number of ether oxygens (including phenoxy) is 2. The van der Waals surface area contributed by atoms with Gasteiger partial charge in [-0.25, -0.2) is 4.98 Å². The van der Waals surface area contributed by atoms with Gasteiger partial charge in [-0.1, -0.05) is 23.2 Å². The fourth-order valence-electron chi connectivity index (χ4n) is 2.01. The predicted molar refractivity (Wildman–Crippen MR) is 102 cm³/mol. The lowest BCUT2D eigenvalue weighted by atomic mass is 10.3. The molecule has 2 rings (SSSR count). The summed E-state index contributed by atoms with van der Waals surface area (Å²) in [4.78, 5) is 25.6. The van der Waals surface area contributed by atoms with E-state index in [0.717, 1.165) is 6.20 Å². The number of anilines is 1. The van der Waals surface area contributed by atoms with Crippen LogP contribution < -0.4 is 10.1 Å². The zero-order valence-corrected chi connectivity index (χ0v) is 15.7. The molecule has 144 valence electrons. The average molecular weight is 414 g/mol. The molecule has 0 aliphatic carbocycles. The molecule has 0 bridgehead atoms. The number of rotatable bonds is 10. The lowest BCUT2D eigenvalue weighted by Gasteiger charge is -2.09. The Morgan fingerprint density at radius 1 is 1.22 bits per heavy atom. The van der Waals surface area contributed by atoms with Crippen LogP contribution in [0.15, 0.2) is 36.5 Å². The van der Waals surface area contributed by atoms with E-state index < -0.39 is 4.92 Å². The summed E-state index contributed by atoms with van der Waals surface area (Å²) in [6.45, 7) is 0.816. The molecule has 27 heavy (non-hydrogen) atoms. The van der Waals surface area contributed by atoms with Crippen molar-refractivity contribution >= 4 is 40.7 Å². The summed E-state index contributed by atoms with van der Waals surface area (Å²) < 4.78 is 10.6. The van der Waals surface area contributed by atoms with E-state index in [4.69, 9.17) is 32.7 Å². The Balaban J connectivity index is 1.57. The van der Waals surface area contributed by atoms with Gasteiger partial charge in [0, 0.05) is 17.5 Å². The van der Waals surface area contributed by atoms with Gasteiger partial charge in [-0.15, -0.1) is 0 Å². The maximum absolute atomic E-state index is 11.7. The third-order valence-electron chi connectivity index (χ3n) is 3.31. The van der Waals surface area contributed by atoms with Crippen LogP contribution in [0.2, 0.25) is 10.0 Å². The lowest BCUT2D eigenvalue weighted by molar-refractivity contribution is -0.385. The van der Waals surface area contributed by atoms with Crippen LogP contribution in [-0.4, -0.2) is 35.6 Å². The van der Waals surface area contributed by atoms with Gasteiger partial charge >= 0.3 is 5.97 Å². The molecule has 0 amide bonds. The van der Waals surface area contributed by atoms with Crippen molar-refractivity contribution in [1.82, 2.24) is 4.98 Å². The smallest absolute Gasteiger partial charge is 0.305 e. The second kappa shape index (κ2) is 10.5. The van der Waals surface area contributed by atoms with E-state index in [1.807, 2.05) is 0 Å². The molecular formula is C17H17Cl2N3O5. The maximum Gasteiger partial charge on any atom is 0.305 e. The third-order valence-corrected chi connectivity index (χ3v) is 3.84. The number of hydrogen-bond acceptors (Lipinski definition) is 7. The number of hydrogen-bond donors (Lipinski definition) is 1. The molecule has 1 aromatic heterocycles. The minimum Gasteiger partial charge on any atom is -0.492 e. The number of carbonyl (C=O) groups excluding carboxylic acids is 1. The van der Waals surface area contributed by atoms with Crippen LogP contribution in [0.3, 0.4) is 0 Å². The normalized spacial score (nSPS) is 10.3. The molecule has 0 aliphatic heterocycles. The molecular weight excluding hydrogens is 397 g/mol. The van der Waals surface area contributed by atoms with Gasteiger partial charge in [0.2, 0.25) is 0 Å². The highest BCUT2D eigenvalue weighted by atomic mass is 35.5. The van der Waals surface area contributed by atoms with Crippen molar-refractivity contribution in [2.45, 2.75) is 12.8 Å². The molecule has 0 spiro atoms. The van der Waals surface area contributed by atoms with Gasteiger partial charge in [-0.3, -0.25) is 14.9 Å². The van der Waals surface area contributed by atoms with E-state index in [-0.39, 0.29) is 24.7 Å². The van der Waals surface area contributed by atoms with Gasteiger partial charge in [-0.2, -0.15) is 0 Å². The zero-order chi connectivity index (χ0) is 19.6. The Hall–Kier alpha value is -2.58. The van der Waals surface area contributed by atoms with Crippen molar-refractivity contribution in [3.63, 3.8) is 0 Å². The van der Waals surface area contributed by atoms with Gasteiger partial charge in [0.25, 0.3) is 5.69 Å². The number of nitro groups is 1. The summed E-state index contributed by atoms with van der Waals surface area (Å²) >= 11 is 11.8. The summed E-state index contributed by atoms with van der Waals surface area (Å²) in [7, 11) is 0. The van der Waals surface area contributed by atoms with Crippen molar-refractivity contribution in [3.8, 4) is 5.75 Å². The minimum atomic E-state index is -0.525. The van der Waals surface area contributed by atoms with Crippen LogP contribution in [0, 0.1) is 10.1 Å². The van der Waals surface area contributed by atoms with Crippen LogP contribution in [0.4, 0.5) is 11.5 Å². The fourth-order valence-corrected chi connectivity index (χ4v) is 2.47. The largest absolute Gasteiger partial charge is 0.492 e. The highest BCUT2D eigenvalue weighted by molar-refractivity contribution is 6.35. The SMILES string of the molecule is O=C(CCCOc1ccc(Cl)cc1Cl)OCCNc1ccc([N+](=O)[O-])cn1. The molecule has 0 fully saturated rings. The topological polar surface area (TPSA) is 104 Å². The summed E-state index contributed by atoms with van der Waals surface area (Å²) in [5.41, 5.74) is -0.0888. The second-order valence-electron chi connectivity index (χ2n) is 5.33. The van der Waals surface area contributed by atoms with Crippen molar-refractivity contribution in [2.75, 3.05) is 25.1 Å². The maximum atomic E-state index is 11.7. The molecule has 8 nitrogen and oxygen atoms in total. The first-order chi connectivity index (χ1) is 13.0. The number of nitrogens with zero attached hydrogens (tertiary/aromatic N) is 2. The Kier molecular flexibility index (Phi) is 8.09. The monoisotopic (exact) mass is 413 g/mol. The summed E-state index contributed by atoms with van der Waals surface area (Å²) in [6, 6.07) is 7.75. The molecule has 0 radical (unpaired) electrons. The first kappa shape index (κ1) is 20.7. The lowest BCUT2D eigenvalue weighted by Crippen LogP contribution is -2.15. The van der Waals surface area contributed by atoms with Gasteiger partial charge in [0.15, 0.2) is 0 Å². The number of carbonyl (C=O) groups is 1. The van der Waals surface area contributed by atoms with Crippen molar-refractivity contribution < 1.29 is 19.2 Å². The quantitative estimate of drug-likeness (QED) is 0.270. The van der Waals surface area contributed by atoms with E-state index in [1.54, 1.807) is 18.2 Å². The molecule has 10 heteroatoms. The van der Waals surface area contributed by atoms with E-state index in [1.165, 1.54) is 12.1 Å². The number of esters is 1. The molecule has 1 N–H and O–H groups in total. The fraction of sp³-hybridized carbons (Fsp3) is 0.294. The highest BCUT2D eigenvalue weighted by Gasteiger charge is 2.07. The first-order valence-corrected chi connectivity index (χ1v) is 8.79. The van der Waals surface area contributed by atoms with Gasteiger partial charge in [0.05, 0.1) is 23.1 Å². The van der Waals surface area contributed by atoms with E-state index in [2.05, 4.69) is 10.3 Å². The zero-order valence-electron chi connectivity index (χ0n) is 14.2. The number of aromatic nitrogens is 1. The first-order valence-electron chi connectivity index (χ1n) is 8.03. The second-order valence-corrected chi connectivity index (χ2v) is 6.18.